The summed E-state index contributed by atoms with van der Waals surface area (Å²) in [5.74, 6) is -0.178. The number of hydrogen-bond donors (Lipinski definition) is 2. The summed E-state index contributed by atoms with van der Waals surface area (Å²) in [6, 6.07) is 10.6. The number of rotatable bonds is 6. The third-order valence-corrected chi connectivity index (χ3v) is 8.02. The van der Waals surface area contributed by atoms with Crippen molar-refractivity contribution in [3.8, 4) is 0 Å². The smallest absolute Gasteiger partial charge is 0.246 e. The van der Waals surface area contributed by atoms with Crippen LogP contribution < -0.4 is 5.48 Å². The fourth-order valence-electron chi connectivity index (χ4n) is 5.89. The third kappa shape index (κ3) is 5.94. The zero-order valence-electron chi connectivity index (χ0n) is 19.8. The maximum atomic E-state index is 13.6. The number of hydrogen-bond acceptors (Lipinski definition) is 5. The van der Waals surface area contributed by atoms with E-state index in [0.717, 1.165) is 58.4 Å². The number of nitrogens with zero attached hydrogens (tertiary/aromatic N) is 2. The van der Waals surface area contributed by atoms with Gasteiger partial charge in [0.15, 0.2) is 0 Å². The van der Waals surface area contributed by atoms with E-state index in [1.165, 1.54) is 5.56 Å². The summed E-state index contributed by atoms with van der Waals surface area (Å²) in [7, 11) is 0. The molecule has 3 aliphatic rings. The van der Waals surface area contributed by atoms with Crippen LogP contribution in [0.1, 0.15) is 63.4 Å². The van der Waals surface area contributed by atoms with E-state index in [0.29, 0.717) is 25.2 Å². The summed E-state index contributed by atoms with van der Waals surface area (Å²) in [5, 5.41) is 9.13. The number of carbonyl (C=O) groups excluding carboxylic acids is 2. The minimum Gasteiger partial charge on any atom is -0.374 e. The predicted molar refractivity (Wildman–Crippen MR) is 126 cm³/mol. The lowest BCUT2D eigenvalue weighted by molar-refractivity contribution is -0.155. The van der Waals surface area contributed by atoms with E-state index in [1.54, 1.807) is 5.48 Å². The largest absolute Gasteiger partial charge is 0.374 e. The SMILES string of the molecule is CCN1CCC(O[C@H]2C[C@H](C(=O)NO)CC[C@@H]2C(=O)N2CCC(c3ccccc3)CC2)CC1. The van der Waals surface area contributed by atoms with Gasteiger partial charge >= 0.3 is 0 Å². The second-order valence-electron chi connectivity index (χ2n) is 9.91. The summed E-state index contributed by atoms with van der Waals surface area (Å²) in [4.78, 5) is 30.1. The van der Waals surface area contributed by atoms with E-state index in [-0.39, 0.29) is 35.9 Å². The topological polar surface area (TPSA) is 82.1 Å². The molecule has 0 bridgehead atoms. The molecule has 2 heterocycles. The molecule has 1 aromatic carbocycles. The lowest BCUT2D eigenvalue weighted by atomic mass is 9.78. The van der Waals surface area contributed by atoms with Crippen molar-refractivity contribution in [2.75, 3.05) is 32.7 Å². The van der Waals surface area contributed by atoms with Crippen LogP contribution >= 0.6 is 0 Å². The number of carbonyl (C=O) groups is 2. The van der Waals surface area contributed by atoms with Crippen LogP contribution in [-0.4, -0.2) is 71.8 Å². The summed E-state index contributed by atoms with van der Waals surface area (Å²) < 4.78 is 6.53. The molecule has 0 spiro atoms. The van der Waals surface area contributed by atoms with Gasteiger partial charge in [0.1, 0.15) is 0 Å². The molecule has 1 aromatic rings. The maximum absolute atomic E-state index is 13.6. The molecular formula is C26H39N3O4. The second-order valence-corrected chi connectivity index (χ2v) is 9.91. The van der Waals surface area contributed by atoms with Crippen LogP contribution in [0.4, 0.5) is 0 Å². The van der Waals surface area contributed by atoms with E-state index in [2.05, 4.69) is 36.1 Å². The lowest BCUT2D eigenvalue weighted by Crippen LogP contribution is -2.50. The van der Waals surface area contributed by atoms with Gasteiger partial charge in [0.05, 0.1) is 18.1 Å². The third-order valence-electron chi connectivity index (χ3n) is 8.02. The van der Waals surface area contributed by atoms with Crippen molar-refractivity contribution in [2.24, 2.45) is 11.8 Å². The molecule has 3 atom stereocenters. The Labute approximate surface area is 197 Å². The molecule has 7 heteroatoms. The fourth-order valence-corrected chi connectivity index (χ4v) is 5.89. The van der Waals surface area contributed by atoms with E-state index in [4.69, 9.17) is 9.94 Å². The van der Waals surface area contributed by atoms with Gasteiger partial charge in [-0.25, -0.2) is 5.48 Å². The first-order chi connectivity index (χ1) is 16.1. The standard InChI is InChI=1S/C26H39N3O4/c1-2-28-14-12-22(13-15-28)33-24-18-21(25(30)27-32)8-9-23(24)26(31)29-16-10-20(11-17-29)19-6-4-3-5-7-19/h3-7,20-24,32H,2,8-18H2,1H3,(H,27,30)/t21-,23+,24+/m1/s1. The Bertz CT molecular complexity index is 773. The molecule has 2 saturated heterocycles. The second kappa shape index (κ2) is 11.4. The first-order valence-corrected chi connectivity index (χ1v) is 12.7. The molecule has 0 radical (unpaired) electrons. The molecule has 0 aromatic heterocycles. The Morgan fingerprint density at radius 3 is 2.33 bits per heavy atom. The number of hydroxylamine groups is 1. The monoisotopic (exact) mass is 457 g/mol. The zero-order chi connectivity index (χ0) is 23.2. The molecule has 1 aliphatic carbocycles. The van der Waals surface area contributed by atoms with E-state index >= 15 is 0 Å². The molecule has 2 N–H and O–H groups in total. The van der Waals surface area contributed by atoms with E-state index in [9.17, 15) is 9.59 Å². The van der Waals surface area contributed by atoms with Crippen molar-refractivity contribution < 1.29 is 19.5 Å². The highest BCUT2D eigenvalue weighted by Gasteiger charge is 2.42. The highest BCUT2D eigenvalue weighted by molar-refractivity contribution is 5.81. The van der Waals surface area contributed by atoms with Crippen LogP contribution in [0.15, 0.2) is 30.3 Å². The van der Waals surface area contributed by atoms with Crippen molar-refractivity contribution in [3.63, 3.8) is 0 Å². The number of benzene rings is 1. The van der Waals surface area contributed by atoms with Gasteiger partial charge in [-0.2, -0.15) is 0 Å². The minimum atomic E-state index is -0.362. The Balaban J connectivity index is 1.38. The first kappa shape index (κ1) is 24.2. The number of ether oxygens (including phenoxy) is 1. The van der Waals surface area contributed by atoms with Crippen molar-refractivity contribution in [1.29, 1.82) is 0 Å². The van der Waals surface area contributed by atoms with Gasteiger partial charge in [-0.05, 0) is 63.0 Å². The van der Waals surface area contributed by atoms with Gasteiger partial charge in [0.2, 0.25) is 11.8 Å². The van der Waals surface area contributed by atoms with E-state index in [1.807, 2.05) is 11.0 Å². The Hall–Kier alpha value is -1.96. The molecule has 2 amide bonds. The summed E-state index contributed by atoms with van der Waals surface area (Å²) in [6.45, 7) is 6.80. The molecule has 0 unspecified atom stereocenters. The first-order valence-electron chi connectivity index (χ1n) is 12.7. The summed E-state index contributed by atoms with van der Waals surface area (Å²) in [6.07, 6.45) is 5.50. The fraction of sp³-hybridized carbons (Fsp3) is 0.692. The van der Waals surface area contributed by atoms with Crippen LogP contribution in [0.5, 0.6) is 0 Å². The highest BCUT2D eigenvalue weighted by Crippen LogP contribution is 2.36. The minimum absolute atomic E-state index is 0.132. The van der Waals surface area contributed by atoms with Gasteiger partial charge < -0.3 is 14.5 Å². The molecule has 182 valence electrons. The van der Waals surface area contributed by atoms with Gasteiger partial charge in [-0.3, -0.25) is 14.8 Å². The highest BCUT2D eigenvalue weighted by atomic mass is 16.5. The van der Waals surface area contributed by atoms with Gasteiger partial charge in [0.25, 0.3) is 0 Å². The Kier molecular flexibility index (Phi) is 8.39. The quantitative estimate of drug-likeness (QED) is 0.507. The lowest BCUT2D eigenvalue weighted by Gasteiger charge is -2.41. The molecular weight excluding hydrogens is 418 g/mol. The van der Waals surface area contributed by atoms with E-state index < -0.39 is 0 Å². The number of likely N-dealkylation sites (tertiary alicyclic amines) is 2. The molecule has 7 nitrogen and oxygen atoms in total. The molecule has 2 aliphatic heterocycles. The Morgan fingerprint density at radius 1 is 1.00 bits per heavy atom. The van der Waals surface area contributed by atoms with Crippen LogP contribution in [0.25, 0.3) is 0 Å². The molecule has 1 saturated carbocycles. The average Bonchev–Trinajstić information content (AvgIpc) is 2.89. The predicted octanol–water partition coefficient (Wildman–Crippen LogP) is 3.18. The molecule has 3 fully saturated rings. The number of amides is 2. The van der Waals surface area contributed by atoms with Gasteiger partial charge in [-0.1, -0.05) is 37.3 Å². The summed E-state index contributed by atoms with van der Waals surface area (Å²) >= 11 is 0. The van der Waals surface area contributed by atoms with Crippen molar-refractivity contribution in [2.45, 2.75) is 70.0 Å². The normalized spacial score (nSPS) is 27.9. The van der Waals surface area contributed by atoms with Gasteiger partial charge in [0, 0.05) is 32.1 Å². The van der Waals surface area contributed by atoms with Crippen LogP contribution in [0.2, 0.25) is 0 Å². The average molecular weight is 458 g/mol. The number of nitrogens with one attached hydrogen (secondary N) is 1. The van der Waals surface area contributed by atoms with Crippen LogP contribution in [-0.2, 0) is 14.3 Å². The van der Waals surface area contributed by atoms with Crippen LogP contribution in [0.3, 0.4) is 0 Å². The molecule has 4 rings (SSSR count). The maximum Gasteiger partial charge on any atom is 0.246 e. The van der Waals surface area contributed by atoms with Gasteiger partial charge in [-0.15, -0.1) is 0 Å². The van der Waals surface area contributed by atoms with Crippen molar-refractivity contribution in [3.05, 3.63) is 35.9 Å². The summed E-state index contributed by atoms with van der Waals surface area (Å²) in [5.41, 5.74) is 3.16. The van der Waals surface area contributed by atoms with Crippen LogP contribution in [0, 0.1) is 11.8 Å². The van der Waals surface area contributed by atoms with Crippen molar-refractivity contribution >= 4 is 11.8 Å². The zero-order valence-corrected chi connectivity index (χ0v) is 19.8. The molecule has 33 heavy (non-hydrogen) atoms. The van der Waals surface area contributed by atoms with Crippen molar-refractivity contribution in [1.82, 2.24) is 15.3 Å². The Morgan fingerprint density at radius 2 is 1.70 bits per heavy atom. The number of piperidine rings is 2.